The minimum Gasteiger partial charge on any atom is -0.491 e. The summed E-state index contributed by atoms with van der Waals surface area (Å²) in [5, 5.41) is 17.5. The molecule has 0 bridgehead atoms. The molecule has 0 aliphatic carbocycles. The summed E-state index contributed by atoms with van der Waals surface area (Å²) in [6.07, 6.45) is 0. The van der Waals surface area contributed by atoms with E-state index in [0.717, 1.165) is 11.5 Å². The van der Waals surface area contributed by atoms with Crippen LogP contribution in [0.5, 0.6) is 11.5 Å². The van der Waals surface area contributed by atoms with Crippen LogP contribution in [0.3, 0.4) is 0 Å². The minimum atomic E-state index is -0.154. The van der Waals surface area contributed by atoms with Gasteiger partial charge in [0, 0.05) is 182 Å². The van der Waals surface area contributed by atoms with Gasteiger partial charge in [-0.05, 0) is 35.4 Å². The smallest absolute Gasteiger partial charge is 0.119 e. The second kappa shape index (κ2) is 21.9. The summed E-state index contributed by atoms with van der Waals surface area (Å²) in [6, 6.07) is 16.0. The molecule has 2 aromatic carbocycles. The average molecular weight is 1270 g/mol. The van der Waals surface area contributed by atoms with Gasteiger partial charge in [0.05, 0.1) is 26.4 Å². The number of rotatable bonds is 11. The van der Waals surface area contributed by atoms with E-state index in [4.69, 9.17) is 24.4 Å². The normalized spacial score (nSPS) is 9.87. The molecule has 5 nitrogen and oxygen atoms in total. The van der Waals surface area contributed by atoms with Gasteiger partial charge in [0.2, 0.25) is 0 Å². The third-order valence-electron chi connectivity index (χ3n) is 4.24. The van der Waals surface area contributed by atoms with Crippen molar-refractivity contribution in [1.82, 2.24) is 0 Å². The van der Waals surface area contributed by atoms with Crippen LogP contribution < -0.4 is 9.47 Å². The molecule has 0 atom stereocenters. The number of hydrogen-bond acceptors (Lipinski definition) is 5. The topological polar surface area (TPSA) is 68.2 Å². The van der Waals surface area contributed by atoms with E-state index in [1.165, 1.54) is 11.1 Å². The summed E-state index contributed by atoms with van der Waals surface area (Å²) in [5.41, 5.74) is 2.21. The van der Waals surface area contributed by atoms with Crippen LogP contribution in [0.4, 0.5) is 0 Å². The fraction of sp³-hybridized carbons (Fsp3) is 0.429. The summed E-state index contributed by atoms with van der Waals surface area (Å²) in [5.74, 6) is 1.55. The molecule has 0 spiro atoms. The van der Waals surface area contributed by atoms with Gasteiger partial charge in [-0.1, -0.05) is 38.1 Å². The van der Waals surface area contributed by atoms with Gasteiger partial charge in [0.25, 0.3) is 0 Å². The van der Waals surface area contributed by atoms with Crippen molar-refractivity contribution in [2.75, 3.05) is 39.6 Å². The van der Waals surface area contributed by atoms with Crippen molar-refractivity contribution >= 4 is 0 Å². The Balaban J connectivity index is -0.00000182. The van der Waals surface area contributed by atoms with E-state index in [1.807, 2.05) is 24.3 Å². The van der Waals surface area contributed by atoms with Gasteiger partial charge in [-0.2, -0.15) is 0 Å². The summed E-state index contributed by atoms with van der Waals surface area (Å²) >= 11 is 0. The van der Waals surface area contributed by atoms with E-state index in [9.17, 15) is 0 Å². The van der Waals surface area contributed by atoms with Crippen molar-refractivity contribution < 1.29 is 201 Å². The Morgan fingerprint density at radius 2 is 1.00 bits per heavy atom. The van der Waals surface area contributed by atoms with Gasteiger partial charge in [-0.3, -0.25) is 0 Å². The van der Waals surface area contributed by atoms with Crippen LogP contribution >= 0.6 is 0 Å². The maximum Gasteiger partial charge on any atom is 0.119 e. The Morgan fingerprint density at radius 3 is 1.40 bits per heavy atom. The number of ether oxygens (including phenoxy) is 3. The molecule has 2 rings (SSSR count). The van der Waals surface area contributed by atoms with Crippen LogP contribution in [0, 0.1) is 176 Å². The average Bonchev–Trinajstić information content (AvgIpc) is 2.67. The van der Waals surface area contributed by atoms with Crippen molar-refractivity contribution in [1.29, 1.82) is 0 Å². The molecule has 0 unspecified atom stereocenters. The summed E-state index contributed by atoms with van der Waals surface area (Å²) in [6.45, 7) is 5.93. The number of aliphatic hydroxyl groups is 2. The van der Waals surface area contributed by atoms with E-state index in [0.29, 0.717) is 26.4 Å². The molecule has 0 saturated carbocycles. The van der Waals surface area contributed by atoms with Crippen molar-refractivity contribution in [3.05, 3.63) is 59.7 Å². The van der Waals surface area contributed by atoms with E-state index >= 15 is 0 Å². The standard InChI is InChI=1S/C21H28O5.4Ac/c1-21(2,17-3-7-19(8-4-17)25-14-12-23)18-5-9-20(10-6-18)26-16-15-24-13-11-22;;;;/h3-10,22-23H,11-16H2,1-2H3;;;;. The zero-order valence-corrected chi connectivity index (χ0v) is 36.8. The van der Waals surface area contributed by atoms with Gasteiger partial charge < -0.3 is 24.4 Å². The molecule has 0 amide bonds. The van der Waals surface area contributed by atoms with Crippen LogP contribution in [0.1, 0.15) is 25.0 Å². The molecule has 0 aromatic heterocycles. The van der Waals surface area contributed by atoms with Crippen LogP contribution in [-0.4, -0.2) is 49.9 Å². The van der Waals surface area contributed by atoms with Crippen LogP contribution in [-0.2, 0) is 10.2 Å². The zero-order chi connectivity index (χ0) is 18.8. The Morgan fingerprint density at radius 1 is 0.600 bits per heavy atom. The zero-order valence-electron chi connectivity index (χ0n) is 17.8. The molecule has 0 heterocycles. The predicted octanol–water partition coefficient (Wildman–Crippen LogP) is 2.77. The minimum absolute atomic E-state index is 0. The van der Waals surface area contributed by atoms with Gasteiger partial charge in [0.15, 0.2) is 0 Å². The molecule has 154 valence electrons. The first-order valence-electron chi connectivity index (χ1n) is 8.84. The Bertz CT molecular complexity index is 651. The van der Waals surface area contributed by atoms with E-state index < -0.39 is 0 Å². The maximum absolute atomic E-state index is 8.82. The molecular weight excluding hydrogens is 1240 g/mol. The molecule has 0 aliphatic rings. The third kappa shape index (κ3) is 13.7. The predicted molar refractivity (Wildman–Crippen MR) is 101 cm³/mol. The second-order valence-corrected chi connectivity index (χ2v) is 6.43. The Hall–Kier alpha value is 3.69. The van der Waals surface area contributed by atoms with E-state index in [1.54, 1.807) is 0 Å². The summed E-state index contributed by atoms with van der Waals surface area (Å²) < 4.78 is 16.2. The number of benzene rings is 2. The first-order valence-corrected chi connectivity index (χ1v) is 8.84. The number of hydrogen-bond donors (Lipinski definition) is 2. The van der Waals surface area contributed by atoms with Gasteiger partial charge >= 0.3 is 0 Å². The van der Waals surface area contributed by atoms with Crippen LogP contribution in [0.15, 0.2) is 48.5 Å². The van der Waals surface area contributed by atoms with Gasteiger partial charge in [-0.15, -0.1) is 0 Å². The molecule has 4 radical (unpaired) electrons. The number of aliphatic hydroxyl groups excluding tert-OH is 2. The largest absolute Gasteiger partial charge is 0.491 e. The fourth-order valence-electron chi connectivity index (χ4n) is 2.65. The molecular formula is C21H28Ac4O5. The first kappa shape index (κ1) is 38.2. The molecule has 2 N–H and O–H groups in total. The molecule has 30 heavy (non-hydrogen) atoms. The first-order chi connectivity index (χ1) is 12.6. The maximum atomic E-state index is 8.82. The van der Waals surface area contributed by atoms with Crippen LogP contribution in [0.25, 0.3) is 0 Å². The SMILES string of the molecule is CC(C)(c1ccc(OCCO)cc1)c1ccc(OCCOCCO)cc1.[Ac].[Ac].[Ac].[Ac]. The molecule has 2 aromatic rings. The Kier molecular flexibility index (Phi) is 27.9. The molecule has 0 fully saturated rings. The molecule has 9 heteroatoms. The van der Waals surface area contributed by atoms with Gasteiger partial charge in [-0.25, -0.2) is 0 Å². The van der Waals surface area contributed by atoms with Crippen molar-refractivity contribution in [2.24, 2.45) is 0 Å². The Labute approximate surface area is 323 Å². The fourth-order valence-corrected chi connectivity index (χ4v) is 2.65. The second-order valence-electron chi connectivity index (χ2n) is 6.43. The van der Waals surface area contributed by atoms with E-state index in [2.05, 4.69) is 38.1 Å². The molecule has 0 saturated heterocycles. The van der Waals surface area contributed by atoms with Crippen molar-refractivity contribution in [2.45, 2.75) is 19.3 Å². The summed E-state index contributed by atoms with van der Waals surface area (Å²) in [7, 11) is 0. The third-order valence-corrected chi connectivity index (χ3v) is 4.24. The van der Waals surface area contributed by atoms with Crippen molar-refractivity contribution in [3.63, 3.8) is 0 Å². The monoisotopic (exact) mass is 1270 g/mol. The molecule has 0 aliphatic heterocycles. The van der Waals surface area contributed by atoms with Crippen LogP contribution in [0.2, 0.25) is 0 Å². The van der Waals surface area contributed by atoms with Gasteiger partial charge in [0.1, 0.15) is 24.7 Å². The summed E-state index contributed by atoms with van der Waals surface area (Å²) in [4.78, 5) is 0. The van der Waals surface area contributed by atoms with Crippen molar-refractivity contribution in [3.8, 4) is 11.5 Å². The van der Waals surface area contributed by atoms with E-state index in [-0.39, 0.29) is 195 Å². The quantitative estimate of drug-likeness (QED) is 0.340.